The summed E-state index contributed by atoms with van der Waals surface area (Å²) in [6.07, 6.45) is 0.761. The fourth-order valence-electron chi connectivity index (χ4n) is 1.81. The van der Waals surface area contributed by atoms with Gasteiger partial charge >= 0.3 is 0 Å². The van der Waals surface area contributed by atoms with Crippen LogP contribution < -0.4 is 5.30 Å². The lowest BCUT2D eigenvalue weighted by Crippen LogP contribution is -2.16. The van der Waals surface area contributed by atoms with Crippen molar-refractivity contribution >= 4 is 28.4 Å². The Bertz CT molecular complexity index is 366. The van der Waals surface area contributed by atoms with Gasteiger partial charge in [-0.1, -0.05) is 46.3 Å². The smallest absolute Gasteiger partial charge is 0.131 e. The number of aliphatic hydroxyl groups is 1. The van der Waals surface area contributed by atoms with Crippen LogP contribution in [0.25, 0.3) is 0 Å². The molecule has 0 unspecified atom stereocenters. The number of halogens is 1. The SMILES string of the molecule is O=[P@@]1(c2ccccc2)CC[C@H](O)[C@@H]1Br. The zero-order valence-electron chi connectivity index (χ0n) is 7.64. The van der Waals surface area contributed by atoms with Crippen molar-refractivity contribution in [3.63, 3.8) is 0 Å². The summed E-state index contributed by atoms with van der Waals surface area (Å²) in [6, 6.07) is 9.45. The van der Waals surface area contributed by atoms with E-state index in [0.717, 1.165) is 5.30 Å². The summed E-state index contributed by atoms with van der Waals surface area (Å²) in [4.78, 5) is 0. The molecule has 2 rings (SSSR count). The molecule has 1 aliphatic heterocycles. The van der Waals surface area contributed by atoms with Crippen LogP contribution in [0.5, 0.6) is 0 Å². The highest BCUT2D eigenvalue weighted by molar-refractivity contribution is 9.10. The number of alkyl halides is 1. The maximum atomic E-state index is 12.5. The van der Waals surface area contributed by atoms with Crippen molar-refractivity contribution in [2.75, 3.05) is 6.16 Å². The predicted octanol–water partition coefficient (Wildman–Crippen LogP) is 2.16. The maximum absolute atomic E-state index is 12.5. The lowest BCUT2D eigenvalue weighted by atomic mass is 10.3. The Morgan fingerprint density at radius 3 is 2.50 bits per heavy atom. The minimum atomic E-state index is -2.40. The van der Waals surface area contributed by atoms with Crippen LogP contribution >= 0.6 is 23.1 Å². The maximum Gasteiger partial charge on any atom is 0.131 e. The molecule has 0 spiro atoms. The Morgan fingerprint density at radius 2 is 2.00 bits per heavy atom. The van der Waals surface area contributed by atoms with Crippen molar-refractivity contribution in [2.24, 2.45) is 0 Å². The molecular formula is C10H12BrO2P. The third kappa shape index (κ3) is 1.58. The lowest BCUT2D eigenvalue weighted by molar-refractivity contribution is 0.196. The average molecular weight is 275 g/mol. The summed E-state index contributed by atoms with van der Waals surface area (Å²) in [7, 11) is -2.40. The van der Waals surface area contributed by atoms with Crippen LogP contribution in [0, 0.1) is 0 Å². The average Bonchev–Trinajstić information content (AvgIpc) is 2.49. The molecule has 1 heterocycles. The fourth-order valence-corrected chi connectivity index (χ4v) is 6.22. The molecule has 0 saturated carbocycles. The third-order valence-electron chi connectivity index (χ3n) is 2.67. The monoisotopic (exact) mass is 274 g/mol. The molecule has 1 N–H and O–H groups in total. The summed E-state index contributed by atoms with van der Waals surface area (Å²) in [5.74, 6) is 0. The molecule has 0 amide bonds. The molecule has 4 heteroatoms. The second kappa shape index (κ2) is 3.80. The molecule has 2 nitrogen and oxygen atoms in total. The first-order valence-electron chi connectivity index (χ1n) is 4.61. The van der Waals surface area contributed by atoms with Gasteiger partial charge in [0.1, 0.15) is 7.14 Å². The fraction of sp³-hybridized carbons (Fsp3) is 0.400. The lowest BCUT2D eigenvalue weighted by Gasteiger charge is -2.17. The van der Waals surface area contributed by atoms with Gasteiger partial charge in [0.05, 0.1) is 10.7 Å². The Kier molecular flexibility index (Phi) is 2.83. The molecular weight excluding hydrogens is 263 g/mol. The van der Waals surface area contributed by atoms with Gasteiger partial charge in [0, 0.05) is 11.5 Å². The summed E-state index contributed by atoms with van der Waals surface area (Å²) in [5.41, 5.74) is 0. The highest BCUT2D eigenvalue weighted by atomic mass is 79.9. The van der Waals surface area contributed by atoms with Crippen molar-refractivity contribution < 1.29 is 9.67 Å². The largest absolute Gasteiger partial charge is 0.391 e. The molecule has 0 bridgehead atoms. The van der Waals surface area contributed by atoms with Crippen LogP contribution in [0.2, 0.25) is 0 Å². The van der Waals surface area contributed by atoms with E-state index in [1.54, 1.807) is 0 Å². The van der Waals surface area contributed by atoms with Crippen molar-refractivity contribution in [1.82, 2.24) is 0 Å². The van der Waals surface area contributed by atoms with Gasteiger partial charge in [-0.2, -0.15) is 0 Å². The van der Waals surface area contributed by atoms with Gasteiger partial charge < -0.3 is 9.67 Å². The summed E-state index contributed by atoms with van der Waals surface area (Å²) in [5, 5.41) is 10.4. The molecule has 14 heavy (non-hydrogen) atoms. The minimum absolute atomic E-state index is 0.266. The topological polar surface area (TPSA) is 37.3 Å². The molecule has 1 aromatic rings. The van der Waals surface area contributed by atoms with Crippen LogP contribution in [0.4, 0.5) is 0 Å². The Morgan fingerprint density at radius 1 is 1.36 bits per heavy atom. The van der Waals surface area contributed by atoms with E-state index in [1.165, 1.54) is 0 Å². The molecule has 0 aromatic heterocycles. The highest BCUT2D eigenvalue weighted by Crippen LogP contribution is 2.59. The molecule has 0 radical (unpaired) electrons. The second-order valence-corrected chi connectivity index (χ2v) is 8.39. The predicted molar refractivity (Wildman–Crippen MR) is 61.9 cm³/mol. The van der Waals surface area contributed by atoms with E-state index >= 15 is 0 Å². The highest BCUT2D eigenvalue weighted by Gasteiger charge is 2.43. The summed E-state index contributed by atoms with van der Waals surface area (Å²) < 4.78 is 12.3. The number of hydrogen-bond acceptors (Lipinski definition) is 2. The van der Waals surface area contributed by atoms with E-state index in [4.69, 9.17) is 0 Å². The molecule has 3 atom stereocenters. The van der Waals surface area contributed by atoms with E-state index < -0.39 is 13.2 Å². The van der Waals surface area contributed by atoms with Gasteiger partial charge in [-0.3, -0.25) is 0 Å². The van der Waals surface area contributed by atoms with Crippen LogP contribution in [-0.2, 0) is 4.57 Å². The van der Waals surface area contributed by atoms with Gasteiger partial charge in [-0.25, -0.2) is 0 Å². The van der Waals surface area contributed by atoms with Crippen LogP contribution in [-0.4, -0.2) is 21.9 Å². The molecule has 1 saturated heterocycles. The Balaban J connectivity index is 2.39. The number of benzene rings is 1. The van der Waals surface area contributed by atoms with Gasteiger partial charge in [0.15, 0.2) is 0 Å². The summed E-state index contributed by atoms with van der Waals surface area (Å²) >= 11 is 3.35. The first-order chi connectivity index (χ1) is 6.64. The van der Waals surface area contributed by atoms with Crippen molar-refractivity contribution in [1.29, 1.82) is 0 Å². The molecule has 1 aliphatic rings. The second-order valence-electron chi connectivity index (χ2n) is 3.58. The van der Waals surface area contributed by atoms with Crippen LogP contribution in [0.3, 0.4) is 0 Å². The van der Waals surface area contributed by atoms with Crippen LogP contribution in [0.1, 0.15) is 6.42 Å². The van der Waals surface area contributed by atoms with Gasteiger partial charge in [-0.05, 0) is 6.42 Å². The minimum Gasteiger partial charge on any atom is -0.391 e. The molecule has 76 valence electrons. The van der Waals surface area contributed by atoms with Crippen molar-refractivity contribution in [2.45, 2.75) is 17.1 Å². The molecule has 1 fully saturated rings. The number of rotatable bonds is 1. The van der Waals surface area contributed by atoms with E-state index in [9.17, 15) is 9.67 Å². The zero-order chi connectivity index (χ0) is 10.2. The van der Waals surface area contributed by atoms with E-state index in [0.29, 0.717) is 12.6 Å². The van der Waals surface area contributed by atoms with E-state index in [-0.39, 0.29) is 4.57 Å². The Labute approximate surface area is 91.8 Å². The number of hydrogen-bond donors (Lipinski definition) is 1. The first-order valence-corrected chi connectivity index (χ1v) is 7.49. The first kappa shape index (κ1) is 10.4. The quantitative estimate of drug-likeness (QED) is 0.630. The van der Waals surface area contributed by atoms with Crippen LogP contribution in [0.15, 0.2) is 30.3 Å². The standard InChI is InChI=1S/C10H12BrO2P/c11-10-9(12)6-7-14(10,13)8-4-2-1-3-5-8/h1-5,9-10,12H,6-7H2/t9-,10+,14+/m0/s1. The van der Waals surface area contributed by atoms with Gasteiger partial charge in [0.25, 0.3) is 0 Å². The van der Waals surface area contributed by atoms with E-state index in [2.05, 4.69) is 15.9 Å². The zero-order valence-corrected chi connectivity index (χ0v) is 10.1. The molecule has 1 aromatic carbocycles. The number of aliphatic hydroxyl groups excluding tert-OH is 1. The van der Waals surface area contributed by atoms with Gasteiger partial charge in [0.2, 0.25) is 0 Å². The Hall–Kier alpha value is -0.110. The normalized spacial score (nSPS) is 37.3. The summed E-state index contributed by atoms with van der Waals surface area (Å²) in [6.45, 7) is 0. The van der Waals surface area contributed by atoms with Gasteiger partial charge in [-0.15, -0.1) is 0 Å². The van der Waals surface area contributed by atoms with Crippen molar-refractivity contribution in [3.05, 3.63) is 30.3 Å². The third-order valence-corrected chi connectivity index (χ3v) is 8.50. The van der Waals surface area contributed by atoms with E-state index in [1.807, 2.05) is 30.3 Å². The van der Waals surface area contributed by atoms with Crippen molar-refractivity contribution in [3.8, 4) is 0 Å². The molecule has 0 aliphatic carbocycles.